The number of hydrogen-bond donors (Lipinski definition) is 2. The molecule has 1 saturated heterocycles. The van der Waals surface area contributed by atoms with E-state index in [4.69, 9.17) is 4.74 Å². The topological polar surface area (TPSA) is 61.8 Å². The fourth-order valence-electron chi connectivity index (χ4n) is 2.97. The van der Waals surface area contributed by atoms with E-state index < -0.39 is 0 Å². The van der Waals surface area contributed by atoms with Gasteiger partial charge in [0.2, 0.25) is 0 Å². The fourth-order valence-corrected chi connectivity index (χ4v) is 3.84. The van der Waals surface area contributed by atoms with Crippen molar-refractivity contribution in [2.24, 2.45) is 4.99 Å². The van der Waals surface area contributed by atoms with Crippen molar-refractivity contribution >= 4 is 41.3 Å². The maximum atomic E-state index is 5.77. The van der Waals surface area contributed by atoms with Crippen molar-refractivity contribution in [3.8, 4) is 0 Å². The Morgan fingerprint density at radius 3 is 2.52 bits per heavy atom. The van der Waals surface area contributed by atoms with E-state index in [-0.39, 0.29) is 24.0 Å². The van der Waals surface area contributed by atoms with Gasteiger partial charge in [-0.2, -0.15) is 0 Å². The average molecular weight is 481 g/mol. The molecule has 0 aromatic carbocycles. The molecule has 2 atom stereocenters. The van der Waals surface area contributed by atoms with Gasteiger partial charge in [-0.1, -0.05) is 0 Å². The van der Waals surface area contributed by atoms with Crippen molar-refractivity contribution in [3.63, 3.8) is 0 Å². The summed E-state index contributed by atoms with van der Waals surface area (Å²) in [7, 11) is 1.80. The normalized spacial score (nSPS) is 21.7. The Labute approximate surface area is 172 Å². The van der Waals surface area contributed by atoms with Crippen molar-refractivity contribution in [2.75, 3.05) is 33.2 Å². The number of ether oxygens (including phenoxy) is 1. The summed E-state index contributed by atoms with van der Waals surface area (Å²) in [5.41, 5.74) is 1.12. The van der Waals surface area contributed by atoms with Gasteiger partial charge in [-0.05, 0) is 34.1 Å². The molecule has 1 fully saturated rings. The third kappa shape index (κ3) is 7.76. The highest BCUT2D eigenvalue weighted by Gasteiger charge is 2.21. The van der Waals surface area contributed by atoms with Gasteiger partial charge in [0.1, 0.15) is 5.01 Å². The zero-order valence-electron chi connectivity index (χ0n) is 16.0. The van der Waals surface area contributed by atoms with Crippen LogP contribution in [-0.2, 0) is 11.3 Å². The number of halogens is 1. The number of nitrogens with zero attached hydrogens (tertiary/aromatic N) is 3. The Balaban J connectivity index is 0.00000312. The van der Waals surface area contributed by atoms with Crippen molar-refractivity contribution in [1.29, 1.82) is 0 Å². The van der Waals surface area contributed by atoms with Crippen LogP contribution in [0.1, 0.15) is 35.8 Å². The minimum Gasteiger partial charge on any atom is -0.373 e. The zero-order chi connectivity index (χ0) is 17.5. The summed E-state index contributed by atoms with van der Waals surface area (Å²) >= 11 is 1.74. The van der Waals surface area contributed by atoms with Crippen LogP contribution >= 0.6 is 35.3 Å². The van der Waals surface area contributed by atoms with E-state index in [0.29, 0.717) is 12.2 Å². The maximum absolute atomic E-state index is 5.77. The smallest absolute Gasteiger partial charge is 0.191 e. The Hall–Kier alpha value is -0.450. The molecule has 8 heteroatoms. The monoisotopic (exact) mass is 481 g/mol. The van der Waals surface area contributed by atoms with Gasteiger partial charge in [-0.15, -0.1) is 35.3 Å². The second-order valence-corrected chi connectivity index (χ2v) is 7.76. The molecule has 0 bridgehead atoms. The first-order chi connectivity index (χ1) is 11.5. The van der Waals surface area contributed by atoms with E-state index >= 15 is 0 Å². The molecular weight excluding hydrogens is 449 g/mol. The molecule has 2 heterocycles. The van der Waals surface area contributed by atoms with Crippen molar-refractivity contribution in [2.45, 2.75) is 52.9 Å². The summed E-state index contributed by atoms with van der Waals surface area (Å²) in [4.78, 5) is 12.6. The van der Waals surface area contributed by atoms with Gasteiger partial charge in [-0.25, -0.2) is 4.98 Å². The molecule has 1 aromatic heterocycles. The number of aromatic nitrogens is 1. The highest BCUT2D eigenvalue weighted by atomic mass is 127. The van der Waals surface area contributed by atoms with Gasteiger partial charge in [0.15, 0.2) is 5.96 Å². The highest BCUT2D eigenvalue weighted by Crippen LogP contribution is 2.15. The quantitative estimate of drug-likeness (QED) is 0.283. The van der Waals surface area contributed by atoms with E-state index in [1.165, 1.54) is 4.88 Å². The van der Waals surface area contributed by atoms with Crippen LogP contribution in [0.2, 0.25) is 0 Å². The lowest BCUT2D eigenvalue weighted by Gasteiger charge is -2.35. The fraction of sp³-hybridized carbons (Fsp3) is 0.765. The first-order valence-electron chi connectivity index (χ1n) is 8.73. The van der Waals surface area contributed by atoms with Crippen molar-refractivity contribution < 1.29 is 4.74 Å². The number of nitrogens with one attached hydrogen (secondary N) is 2. The molecule has 0 radical (unpaired) electrons. The summed E-state index contributed by atoms with van der Waals surface area (Å²) in [6.07, 6.45) is 1.76. The van der Waals surface area contributed by atoms with Crippen molar-refractivity contribution in [3.05, 3.63) is 15.6 Å². The molecule has 144 valence electrons. The third-order valence-corrected chi connectivity index (χ3v) is 5.22. The summed E-state index contributed by atoms with van der Waals surface area (Å²) in [6.45, 7) is 13.2. The summed E-state index contributed by atoms with van der Waals surface area (Å²) in [5.74, 6) is 0.837. The Bertz CT molecular complexity index is 522. The molecule has 0 saturated carbocycles. The molecule has 2 N–H and O–H groups in total. The molecule has 6 nitrogen and oxygen atoms in total. The molecule has 2 unspecified atom stereocenters. The minimum absolute atomic E-state index is 0. The third-order valence-electron chi connectivity index (χ3n) is 4.14. The number of rotatable bonds is 6. The van der Waals surface area contributed by atoms with Gasteiger partial charge in [0.25, 0.3) is 0 Å². The zero-order valence-corrected chi connectivity index (χ0v) is 19.1. The summed E-state index contributed by atoms with van der Waals surface area (Å²) in [6, 6.07) is 0. The Kier molecular flexibility index (Phi) is 10.2. The molecule has 0 amide bonds. The van der Waals surface area contributed by atoms with Crippen LogP contribution < -0.4 is 10.6 Å². The van der Waals surface area contributed by atoms with Gasteiger partial charge < -0.3 is 15.4 Å². The summed E-state index contributed by atoms with van der Waals surface area (Å²) in [5, 5.41) is 7.81. The number of hydrogen-bond acceptors (Lipinski definition) is 5. The average Bonchev–Trinajstić information content (AvgIpc) is 2.84. The van der Waals surface area contributed by atoms with Crippen LogP contribution in [0.5, 0.6) is 0 Å². The van der Waals surface area contributed by atoms with Gasteiger partial charge >= 0.3 is 0 Å². The lowest BCUT2D eigenvalue weighted by atomic mass is 10.2. The largest absolute Gasteiger partial charge is 0.373 e. The van der Waals surface area contributed by atoms with E-state index in [1.54, 1.807) is 18.4 Å². The maximum Gasteiger partial charge on any atom is 0.191 e. The van der Waals surface area contributed by atoms with E-state index in [2.05, 4.69) is 53.2 Å². The number of aryl methyl sites for hydroxylation is 2. The SMILES string of the molecule is CN=C(NCCCN1CC(C)OC(C)C1)NCc1nc(C)c(C)s1.I. The second-order valence-electron chi connectivity index (χ2n) is 6.47. The Morgan fingerprint density at radius 2 is 1.96 bits per heavy atom. The van der Waals surface area contributed by atoms with Crippen LogP contribution in [0, 0.1) is 13.8 Å². The number of aliphatic imine (C=N–C) groups is 1. The van der Waals surface area contributed by atoms with E-state index in [9.17, 15) is 0 Å². The lowest BCUT2D eigenvalue weighted by Crippen LogP contribution is -2.46. The second kappa shape index (κ2) is 11.3. The first kappa shape index (κ1) is 22.6. The molecule has 0 spiro atoms. The minimum atomic E-state index is 0. The first-order valence-corrected chi connectivity index (χ1v) is 9.54. The molecule has 25 heavy (non-hydrogen) atoms. The number of guanidine groups is 1. The summed E-state index contributed by atoms with van der Waals surface area (Å²) < 4.78 is 5.77. The van der Waals surface area contributed by atoms with Crippen LogP contribution in [0.3, 0.4) is 0 Å². The highest BCUT2D eigenvalue weighted by molar-refractivity contribution is 14.0. The van der Waals surface area contributed by atoms with E-state index in [0.717, 1.165) is 55.8 Å². The number of thiazole rings is 1. The van der Waals surface area contributed by atoms with Crippen LogP contribution in [-0.4, -0.2) is 61.3 Å². The predicted octanol–water partition coefficient (Wildman–Crippen LogP) is 2.54. The van der Waals surface area contributed by atoms with Gasteiger partial charge in [0.05, 0.1) is 24.4 Å². The Morgan fingerprint density at radius 1 is 1.28 bits per heavy atom. The van der Waals surface area contributed by atoms with Crippen molar-refractivity contribution in [1.82, 2.24) is 20.5 Å². The number of morpholine rings is 1. The lowest BCUT2D eigenvalue weighted by molar-refractivity contribution is -0.0679. The predicted molar refractivity (Wildman–Crippen MR) is 116 cm³/mol. The molecule has 0 aliphatic carbocycles. The molecular formula is C17H32IN5OS. The molecule has 2 rings (SSSR count). The van der Waals surface area contributed by atoms with Crippen LogP contribution in [0.25, 0.3) is 0 Å². The van der Waals surface area contributed by atoms with Crippen LogP contribution in [0.15, 0.2) is 4.99 Å². The molecule has 1 aliphatic rings. The molecule has 1 aromatic rings. The van der Waals surface area contributed by atoms with Gasteiger partial charge in [0, 0.05) is 38.1 Å². The molecule has 1 aliphatic heterocycles. The van der Waals surface area contributed by atoms with Gasteiger partial charge in [-0.3, -0.25) is 9.89 Å². The standard InChI is InChI=1S/C17H31N5OS.HI/c1-12-10-22(11-13(2)23-12)8-6-7-19-17(18-5)20-9-16-21-14(3)15(4)24-16;/h12-13H,6-11H2,1-5H3,(H2,18,19,20);1H. The van der Waals surface area contributed by atoms with E-state index in [1.807, 2.05) is 0 Å². The van der Waals surface area contributed by atoms with Crippen LogP contribution in [0.4, 0.5) is 0 Å².